The minimum Gasteiger partial charge on any atom is -0.328 e. The molecule has 0 radical (unpaired) electrons. The summed E-state index contributed by atoms with van der Waals surface area (Å²) in [4.78, 5) is 14.6. The number of imidazole rings is 1. The van der Waals surface area contributed by atoms with Crippen LogP contribution in [0.5, 0.6) is 0 Å². The molecule has 0 aliphatic carbocycles. The maximum Gasteiger partial charge on any atom is 0.149 e. The van der Waals surface area contributed by atoms with Crippen molar-refractivity contribution in [2.75, 3.05) is 0 Å². The van der Waals surface area contributed by atoms with Gasteiger partial charge < -0.3 is 4.57 Å². The van der Waals surface area contributed by atoms with Gasteiger partial charge in [-0.15, -0.1) is 12.4 Å². The molecule has 1 heterocycles. The van der Waals surface area contributed by atoms with Gasteiger partial charge in [-0.25, -0.2) is 4.98 Å². The average Bonchev–Trinajstić information content (AvgIpc) is 2.15. The Morgan fingerprint density at radius 3 is 2.73 bits per heavy atom. The number of carbonyl (C=O) groups is 1. The van der Waals surface area contributed by atoms with Gasteiger partial charge in [0.2, 0.25) is 0 Å². The smallest absolute Gasteiger partial charge is 0.149 e. The Balaban J connectivity index is 0.000001000. The van der Waals surface area contributed by atoms with Crippen LogP contribution in [0.4, 0.5) is 0 Å². The second kappa shape index (κ2) is 4.13. The van der Waals surface area contributed by atoms with Crippen molar-refractivity contribution < 1.29 is 4.79 Å². The number of halogens is 1. The minimum atomic E-state index is 0. The lowest BCUT2D eigenvalue weighted by molar-refractivity contribution is -0.117. The van der Waals surface area contributed by atoms with Crippen molar-refractivity contribution in [2.24, 2.45) is 0 Å². The van der Waals surface area contributed by atoms with Gasteiger partial charge in [0.05, 0.1) is 6.54 Å². The van der Waals surface area contributed by atoms with Crippen molar-refractivity contribution in [3.8, 4) is 0 Å². The van der Waals surface area contributed by atoms with Crippen molar-refractivity contribution in [2.45, 2.75) is 20.4 Å². The third kappa shape index (κ3) is 2.72. The van der Waals surface area contributed by atoms with Crippen molar-refractivity contribution in [1.29, 1.82) is 0 Å². The lowest BCUT2D eigenvalue weighted by Gasteiger charge is -1.98. The van der Waals surface area contributed by atoms with E-state index in [1.807, 2.05) is 11.5 Å². The zero-order valence-electron chi connectivity index (χ0n) is 6.57. The zero-order chi connectivity index (χ0) is 7.56. The van der Waals surface area contributed by atoms with Crippen LogP contribution in [0.25, 0.3) is 0 Å². The van der Waals surface area contributed by atoms with Crippen LogP contribution >= 0.6 is 12.4 Å². The molecule has 0 atom stereocenters. The van der Waals surface area contributed by atoms with Crippen LogP contribution < -0.4 is 0 Å². The van der Waals surface area contributed by atoms with E-state index in [0.29, 0.717) is 6.54 Å². The number of hydrogen-bond acceptors (Lipinski definition) is 2. The van der Waals surface area contributed by atoms with Crippen molar-refractivity contribution in [3.63, 3.8) is 0 Å². The molecule has 0 saturated carbocycles. The highest BCUT2D eigenvalue weighted by atomic mass is 35.5. The lowest BCUT2D eigenvalue weighted by atomic mass is 10.4. The van der Waals surface area contributed by atoms with Crippen LogP contribution in [-0.2, 0) is 11.3 Å². The summed E-state index contributed by atoms with van der Waals surface area (Å²) >= 11 is 0. The van der Waals surface area contributed by atoms with Crippen LogP contribution in [0, 0.1) is 6.92 Å². The summed E-state index contributed by atoms with van der Waals surface area (Å²) in [5, 5.41) is 0. The van der Waals surface area contributed by atoms with Crippen LogP contribution in [0.3, 0.4) is 0 Å². The number of aryl methyl sites for hydroxylation is 1. The highest BCUT2D eigenvalue weighted by molar-refractivity contribution is 5.85. The zero-order valence-corrected chi connectivity index (χ0v) is 7.39. The van der Waals surface area contributed by atoms with Crippen LogP contribution in [-0.4, -0.2) is 15.3 Å². The van der Waals surface area contributed by atoms with E-state index in [2.05, 4.69) is 4.98 Å². The Kier molecular flexibility index (Phi) is 3.82. The molecule has 0 aromatic carbocycles. The summed E-state index contributed by atoms with van der Waals surface area (Å²) < 4.78 is 1.82. The number of aromatic nitrogens is 2. The number of carbonyl (C=O) groups excluding carboxylic acids is 1. The molecule has 0 aliphatic rings. The third-order valence-corrected chi connectivity index (χ3v) is 1.32. The maximum absolute atomic E-state index is 10.6. The molecule has 0 amide bonds. The van der Waals surface area contributed by atoms with Gasteiger partial charge in [0, 0.05) is 12.4 Å². The summed E-state index contributed by atoms with van der Waals surface area (Å²) in [6.07, 6.45) is 3.50. The van der Waals surface area contributed by atoms with Crippen molar-refractivity contribution in [3.05, 3.63) is 18.2 Å². The summed E-state index contributed by atoms with van der Waals surface area (Å²) in [7, 11) is 0. The second-order valence-electron chi connectivity index (χ2n) is 2.30. The average molecular weight is 175 g/mol. The molecular weight excluding hydrogens is 164 g/mol. The molecule has 0 fully saturated rings. The monoisotopic (exact) mass is 174 g/mol. The summed E-state index contributed by atoms with van der Waals surface area (Å²) in [5.74, 6) is 1.04. The Morgan fingerprint density at radius 2 is 2.36 bits per heavy atom. The van der Waals surface area contributed by atoms with E-state index in [0.717, 1.165) is 5.82 Å². The fourth-order valence-corrected chi connectivity index (χ4v) is 0.811. The number of Topliss-reactive ketones (excluding diaryl/α,β-unsaturated/α-hetero) is 1. The predicted octanol–water partition coefficient (Wildman–Crippen LogP) is 1.20. The predicted molar refractivity (Wildman–Crippen MR) is 44.9 cm³/mol. The van der Waals surface area contributed by atoms with Crippen molar-refractivity contribution in [1.82, 2.24) is 9.55 Å². The van der Waals surface area contributed by atoms with E-state index in [4.69, 9.17) is 0 Å². The molecule has 0 N–H and O–H groups in total. The number of rotatable bonds is 2. The largest absolute Gasteiger partial charge is 0.328 e. The Morgan fingerprint density at radius 1 is 1.73 bits per heavy atom. The van der Waals surface area contributed by atoms with Gasteiger partial charge in [-0.3, -0.25) is 4.79 Å². The van der Waals surface area contributed by atoms with E-state index in [1.165, 1.54) is 0 Å². The third-order valence-electron chi connectivity index (χ3n) is 1.32. The molecule has 1 rings (SSSR count). The molecular formula is C7H11ClN2O. The van der Waals surface area contributed by atoms with Gasteiger partial charge in [-0.05, 0) is 13.8 Å². The van der Waals surface area contributed by atoms with Crippen LogP contribution in [0.2, 0.25) is 0 Å². The molecule has 11 heavy (non-hydrogen) atoms. The lowest BCUT2D eigenvalue weighted by Crippen LogP contribution is -2.06. The molecule has 0 spiro atoms. The van der Waals surface area contributed by atoms with E-state index in [9.17, 15) is 4.79 Å². The first-order valence-corrected chi connectivity index (χ1v) is 3.17. The van der Waals surface area contributed by atoms with Gasteiger partial charge in [-0.2, -0.15) is 0 Å². The van der Waals surface area contributed by atoms with Gasteiger partial charge in [0.1, 0.15) is 11.6 Å². The summed E-state index contributed by atoms with van der Waals surface area (Å²) in [6, 6.07) is 0. The molecule has 0 bridgehead atoms. The van der Waals surface area contributed by atoms with Gasteiger partial charge in [-0.1, -0.05) is 0 Å². The quantitative estimate of drug-likeness (QED) is 0.676. The van der Waals surface area contributed by atoms with Gasteiger partial charge in [0.15, 0.2) is 0 Å². The Labute approximate surface area is 71.8 Å². The van der Waals surface area contributed by atoms with E-state index >= 15 is 0 Å². The second-order valence-corrected chi connectivity index (χ2v) is 2.30. The SMILES string of the molecule is CC(=O)Cn1ccnc1C.Cl. The first-order chi connectivity index (χ1) is 4.70. The fraction of sp³-hybridized carbons (Fsp3) is 0.429. The minimum absolute atomic E-state index is 0. The Bertz CT molecular complexity index is 244. The van der Waals surface area contributed by atoms with Crippen LogP contribution in [0.15, 0.2) is 12.4 Å². The van der Waals surface area contributed by atoms with Crippen molar-refractivity contribution >= 4 is 18.2 Å². The number of ketones is 1. The summed E-state index contributed by atoms with van der Waals surface area (Å²) in [5.41, 5.74) is 0. The van der Waals surface area contributed by atoms with Gasteiger partial charge in [0.25, 0.3) is 0 Å². The normalized spacial score (nSPS) is 8.91. The molecule has 0 saturated heterocycles. The highest BCUT2D eigenvalue weighted by Gasteiger charge is 1.97. The molecule has 0 unspecified atom stereocenters. The molecule has 1 aromatic rings. The summed E-state index contributed by atoms with van der Waals surface area (Å²) in [6.45, 7) is 3.88. The number of nitrogens with zero attached hydrogens (tertiary/aromatic N) is 2. The Hall–Kier alpha value is -0.830. The number of hydrogen-bond donors (Lipinski definition) is 0. The maximum atomic E-state index is 10.6. The van der Waals surface area contributed by atoms with E-state index < -0.39 is 0 Å². The first kappa shape index (κ1) is 10.2. The standard InChI is InChI=1S/C7H10N2O.ClH/c1-6(10)5-9-4-3-8-7(9)2;/h3-4H,5H2,1-2H3;1H. The topological polar surface area (TPSA) is 34.9 Å². The fourth-order valence-electron chi connectivity index (χ4n) is 0.811. The molecule has 3 nitrogen and oxygen atoms in total. The molecule has 4 heteroatoms. The highest BCUT2D eigenvalue weighted by Crippen LogP contribution is 1.93. The van der Waals surface area contributed by atoms with E-state index in [-0.39, 0.29) is 18.2 Å². The molecule has 1 aromatic heterocycles. The first-order valence-electron chi connectivity index (χ1n) is 3.17. The molecule has 62 valence electrons. The molecule has 0 aliphatic heterocycles. The van der Waals surface area contributed by atoms with Crippen LogP contribution in [0.1, 0.15) is 12.7 Å². The van der Waals surface area contributed by atoms with Gasteiger partial charge >= 0.3 is 0 Å². The van der Waals surface area contributed by atoms with E-state index in [1.54, 1.807) is 19.3 Å².